The average molecular weight is 420 g/mol. The molecule has 1 aliphatic carbocycles. The maximum Gasteiger partial charge on any atom is 0.237 e. The SMILES string of the molecule is COc1ccc(CN2CCN([C@H](C)C(=O)NC3CCCCC3)CC2)c(OC)c1OC. The summed E-state index contributed by atoms with van der Waals surface area (Å²) in [5, 5.41) is 3.27. The van der Waals surface area contributed by atoms with E-state index < -0.39 is 0 Å². The Hall–Kier alpha value is -1.99. The van der Waals surface area contributed by atoms with Crippen molar-refractivity contribution >= 4 is 5.91 Å². The van der Waals surface area contributed by atoms with Crippen molar-refractivity contribution in [2.24, 2.45) is 0 Å². The summed E-state index contributed by atoms with van der Waals surface area (Å²) < 4.78 is 16.5. The number of benzene rings is 1. The fourth-order valence-corrected chi connectivity index (χ4v) is 4.57. The van der Waals surface area contributed by atoms with Crippen LogP contribution in [0.25, 0.3) is 0 Å². The van der Waals surface area contributed by atoms with Crippen LogP contribution in [0.3, 0.4) is 0 Å². The average Bonchev–Trinajstić information content (AvgIpc) is 2.79. The summed E-state index contributed by atoms with van der Waals surface area (Å²) in [5.41, 5.74) is 1.08. The summed E-state index contributed by atoms with van der Waals surface area (Å²) in [5.74, 6) is 2.20. The molecule has 1 amide bonds. The van der Waals surface area contributed by atoms with Crippen molar-refractivity contribution in [3.05, 3.63) is 17.7 Å². The number of hydrogen-bond donors (Lipinski definition) is 1. The van der Waals surface area contributed by atoms with Crippen LogP contribution < -0.4 is 19.5 Å². The second-order valence-corrected chi connectivity index (χ2v) is 8.33. The lowest BCUT2D eigenvalue weighted by Gasteiger charge is -2.38. The summed E-state index contributed by atoms with van der Waals surface area (Å²) in [6, 6.07) is 4.24. The smallest absolute Gasteiger partial charge is 0.237 e. The van der Waals surface area contributed by atoms with Crippen LogP contribution in [0.1, 0.15) is 44.6 Å². The monoisotopic (exact) mass is 419 g/mol. The lowest BCUT2D eigenvalue weighted by molar-refractivity contribution is -0.127. The van der Waals surface area contributed by atoms with Gasteiger partial charge in [-0.2, -0.15) is 0 Å². The highest BCUT2D eigenvalue weighted by molar-refractivity contribution is 5.81. The third-order valence-electron chi connectivity index (χ3n) is 6.47. The van der Waals surface area contributed by atoms with E-state index in [4.69, 9.17) is 14.2 Å². The van der Waals surface area contributed by atoms with E-state index in [1.165, 1.54) is 19.3 Å². The molecule has 0 radical (unpaired) electrons. The van der Waals surface area contributed by atoms with Crippen LogP contribution in [0.5, 0.6) is 17.2 Å². The van der Waals surface area contributed by atoms with Gasteiger partial charge in [0.15, 0.2) is 11.5 Å². The van der Waals surface area contributed by atoms with Crippen molar-refractivity contribution in [3.8, 4) is 17.2 Å². The van der Waals surface area contributed by atoms with Gasteiger partial charge in [0, 0.05) is 44.3 Å². The molecule has 7 heteroatoms. The number of rotatable bonds is 8. The van der Waals surface area contributed by atoms with E-state index in [0.717, 1.165) is 56.9 Å². The van der Waals surface area contributed by atoms with Gasteiger partial charge in [-0.05, 0) is 25.8 Å². The molecule has 0 bridgehead atoms. The summed E-state index contributed by atoms with van der Waals surface area (Å²) in [6.07, 6.45) is 6.02. The van der Waals surface area contributed by atoms with Gasteiger partial charge in [-0.3, -0.25) is 14.6 Å². The number of carbonyl (C=O) groups excluding carboxylic acids is 1. The first-order valence-corrected chi connectivity index (χ1v) is 11.1. The van der Waals surface area contributed by atoms with E-state index in [0.29, 0.717) is 17.5 Å². The maximum atomic E-state index is 12.7. The number of piperazine rings is 1. The largest absolute Gasteiger partial charge is 0.493 e. The maximum absolute atomic E-state index is 12.7. The van der Waals surface area contributed by atoms with Crippen molar-refractivity contribution < 1.29 is 19.0 Å². The summed E-state index contributed by atoms with van der Waals surface area (Å²) in [7, 11) is 4.91. The number of carbonyl (C=O) groups is 1. The number of hydrogen-bond acceptors (Lipinski definition) is 6. The van der Waals surface area contributed by atoms with Gasteiger partial charge >= 0.3 is 0 Å². The van der Waals surface area contributed by atoms with Gasteiger partial charge in [0.05, 0.1) is 27.4 Å². The van der Waals surface area contributed by atoms with E-state index in [1.807, 2.05) is 19.1 Å². The minimum atomic E-state index is -0.0790. The molecular formula is C23H37N3O4. The van der Waals surface area contributed by atoms with Gasteiger partial charge in [-0.15, -0.1) is 0 Å². The van der Waals surface area contributed by atoms with Crippen molar-refractivity contribution in [1.29, 1.82) is 0 Å². The molecule has 1 aliphatic heterocycles. The predicted molar refractivity (Wildman–Crippen MR) is 117 cm³/mol. The summed E-state index contributed by atoms with van der Waals surface area (Å²) in [4.78, 5) is 17.4. The molecule has 2 aliphatic rings. The number of nitrogens with one attached hydrogen (secondary N) is 1. The Bertz CT molecular complexity index is 698. The van der Waals surface area contributed by atoms with E-state index in [2.05, 4.69) is 15.1 Å². The number of ether oxygens (including phenoxy) is 3. The molecule has 0 unspecified atom stereocenters. The standard InChI is InChI=1S/C23H37N3O4/c1-17(23(27)24-19-8-6-5-7-9-19)26-14-12-25(13-15-26)16-18-10-11-20(28-2)22(30-4)21(18)29-3/h10-11,17,19H,5-9,12-16H2,1-4H3,(H,24,27)/t17-/m1/s1. The highest BCUT2D eigenvalue weighted by Gasteiger charge is 2.28. The molecule has 1 saturated carbocycles. The first-order valence-electron chi connectivity index (χ1n) is 11.1. The fourth-order valence-electron chi connectivity index (χ4n) is 4.57. The molecule has 1 heterocycles. The van der Waals surface area contributed by atoms with Crippen LogP contribution in [0.4, 0.5) is 0 Å². The second kappa shape index (κ2) is 10.9. The van der Waals surface area contributed by atoms with Gasteiger partial charge in [-0.1, -0.05) is 25.3 Å². The highest BCUT2D eigenvalue weighted by Crippen LogP contribution is 2.40. The number of amides is 1. The molecule has 0 aromatic heterocycles. The van der Waals surface area contributed by atoms with Crippen LogP contribution in [-0.2, 0) is 11.3 Å². The first kappa shape index (κ1) is 22.7. The van der Waals surface area contributed by atoms with Gasteiger partial charge in [0.25, 0.3) is 0 Å². The molecule has 3 rings (SSSR count). The summed E-state index contributed by atoms with van der Waals surface area (Å²) >= 11 is 0. The molecule has 1 atom stereocenters. The Balaban J connectivity index is 1.53. The minimum Gasteiger partial charge on any atom is -0.493 e. The van der Waals surface area contributed by atoms with Gasteiger partial charge in [0.2, 0.25) is 11.7 Å². The zero-order valence-corrected chi connectivity index (χ0v) is 18.9. The lowest BCUT2D eigenvalue weighted by atomic mass is 9.95. The number of nitrogens with zero attached hydrogens (tertiary/aromatic N) is 2. The Morgan fingerprint density at radius 1 is 1.00 bits per heavy atom. The Morgan fingerprint density at radius 2 is 1.67 bits per heavy atom. The predicted octanol–water partition coefficient (Wildman–Crippen LogP) is 2.67. The fraction of sp³-hybridized carbons (Fsp3) is 0.696. The number of methoxy groups -OCH3 is 3. The Labute approximate surface area is 180 Å². The van der Waals surface area contributed by atoms with Gasteiger partial charge < -0.3 is 19.5 Å². The van der Waals surface area contributed by atoms with Crippen LogP contribution in [-0.4, -0.2) is 75.3 Å². The molecule has 30 heavy (non-hydrogen) atoms. The van der Waals surface area contributed by atoms with E-state index in [9.17, 15) is 4.79 Å². The zero-order valence-electron chi connectivity index (χ0n) is 18.9. The Morgan fingerprint density at radius 3 is 2.27 bits per heavy atom. The second-order valence-electron chi connectivity index (χ2n) is 8.33. The quantitative estimate of drug-likeness (QED) is 0.699. The third kappa shape index (κ3) is 5.38. The topological polar surface area (TPSA) is 63.3 Å². The minimum absolute atomic E-state index is 0.0790. The molecule has 1 aromatic rings. The van der Waals surface area contributed by atoms with Crippen molar-refractivity contribution in [2.75, 3.05) is 47.5 Å². The van der Waals surface area contributed by atoms with Gasteiger partial charge in [-0.25, -0.2) is 0 Å². The van der Waals surface area contributed by atoms with E-state index in [1.54, 1.807) is 21.3 Å². The molecule has 7 nitrogen and oxygen atoms in total. The van der Waals surface area contributed by atoms with Crippen molar-refractivity contribution in [3.63, 3.8) is 0 Å². The van der Waals surface area contributed by atoms with Crippen LogP contribution >= 0.6 is 0 Å². The van der Waals surface area contributed by atoms with Crippen molar-refractivity contribution in [2.45, 2.75) is 57.7 Å². The van der Waals surface area contributed by atoms with Crippen LogP contribution in [0.15, 0.2) is 12.1 Å². The van der Waals surface area contributed by atoms with E-state index in [-0.39, 0.29) is 11.9 Å². The molecule has 1 aromatic carbocycles. The molecule has 2 fully saturated rings. The first-order chi connectivity index (χ1) is 14.6. The normalized spacial score (nSPS) is 19.9. The molecule has 1 N–H and O–H groups in total. The van der Waals surface area contributed by atoms with Crippen LogP contribution in [0.2, 0.25) is 0 Å². The molecule has 168 valence electrons. The van der Waals surface area contributed by atoms with Crippen molar-refractivity contribution in [1.82, 2.24) is 15.1 Å². The van der Waals surface area contributed by atoms with Gasteiger partial charge in [0.1, 0.15) is 0 Å². The highest BCUT2D eigenvalue weighted by atomic mass is 16.5. The van der Waals surface area contributed by atoms with Crippen LogP contribution in [0, 0.1) is 0 Å². The summed E-state index contributed by atoms with van der Waals surface area (Å²) in [6.45, 7) is 6.41. The molecule has 0 spiro atoms. The third-order valence-corrected chi connectivity index (χ3v) is 6.47. The zero-order chi connectivity index (χ0) is 21.5. The molecular weight excluding hydrogens is 382 g/mol. The lowest BCUT2D eigenvalue weighted by Crippen LogP contribution is -2.54. The Kier molecular flexibility index (Phi) is 8.22. The van der Waals surface area contributed by atoms with E-state index >= 15 is 0 Å². The molecule has 1 saturated heterocycles.